The van der Waals surface area contributed by atoms with Gasteiger partial charge in [0.1, 0.15) is 11.9 Å². The lowest BCUT2D eigenvalue weighted by Crippen LogP contribution is -2.23. The van der Waals surface area contributed by atoms with Gasteiger partial charge in [-0.2, -0.15) is 0 Å². The fraction of sp³-hybridized carbons (Fsp3) is 0.250. The maximum atomic E-state index is 13.4. The molecule has 4 heteroatoms. The summed E-state index contributed by atoms with van der Waals surface area (Å²) in [7, 11) is 0. The minimum Gasteiger partial charge on any atom is -0.372 e. The Morgan fingerprint density at radius 1 is 1.20 bits per heavy atom. The summed E-state index contributed by atoms with van der Waals surface area (Å²) in [6.07, 6.45) is -0.361. The summed E-state index contributed by atoms with van der Waals surface area (Å²) < 4.78 is 19.1. The second-order valence-electron chi connectivity index (χ2n) is 4.48. The first-order valence-corrected chi connectivity index (χ1v) is 6.88. The third-order valence-corrected chi connectivity index (χ3v) is 3.46. The van der Waals surface area contributed by atoms with Crippen molar-refractivity contribution in [3.8, 4) is 0 Å². The van der Waals surface area contributed by atoms with Crippen LogP contribution >= 0.6 is 11.6 Å². The topological polar surface area (TPSA) is 35.2 Å². The van der Waals surface area contributed by atoms with E-state index in [2.05, 4.69) is 0 Å². The van der Waals surface area contributed by atoms with Gasteiger partial charge in [0.15, 0.2) is 0 Å². The van der Waals surface area contributed by atoms with Crippen LogP contribution in [-0.2, 0) is 4.74 Å². The van der Waals surface area contributed by atoms with Crippen molar-refractivity contribution in [2.45, 2.75) is 19.1 Å². The van der Waals surface area contributed by atoms with Crippen LogP contribution in [0.3, 0.4) is 0 Å². The second kappa shape index (κ2) is 6.84. The van der Waals surface area contributed by atoms with Gasteiger partial charge in [0.05, 0.1) is 6.04 Å². The Balaban J connectivity index is 2.36. The molecule has 2 rings (SSSR count). The van der Waals surface area contributed by atoms with E-state index in [1.807, 2.05) is 37.3 Å². The van der Waals surface area contributed by atoms with Gasteiger partial charge in [-0.25, -0.2) is 4.39 Å². The number of rotatable bonds is 5. The largest absolute Gasteiger partial charge is 0.372 e. The maximum Gasteiger partial charge on any atom is 0.123 e. The summed E-state index contributed by atoms with van der Waals surface area (Å²) in [5.41, 5.74) is 7.75. The van der Waals surface area contributed by atoms with Crippen molar-refractivity contribution in [2.24, 2.45) is 5.73 Å². The van der Waals surface area contributed by atoms with Crippen molar-refractivity contribution in [2.75, 3.05) is 6.61 Å². The Kier molecular flexibility index (Phi) is 5.12. The second-order valence-corrected chi connectivity index (χ2v) is 4.89. The third kappa shape index (κ3) is 3.37. The molecule has 2 nitrogen and oxygen atoms in total. The molecule has 0 saturated carbocycles. The van der Waals surface area contributed by atoms with E-state index in [1.165, 1.54) is 18.2 Å². The zero-order valence-electron chi connectivity index (χ0n) is 11.2. The van der Waals surface area contributed by atoms with E-state index in [-0.39, 0.29) is 11.9 Å². The molecule has 0 saturated heterocycles. The summed E-state index contributed by atoms with van der Waals surface area (Å²) in [6, 6.07) is 13.3. The van der Waals surface area contributed by atoms with Gasteiger partial charge in [-0.15, -0.1) is 0 Å². The van der Waals surface area contributed by atoms with Gasteiger partial charge in [0.2, 0.25) is 0 Å². The number of benzene rings is 2. The Hall–Kier alpha value is -1.42. The molecule has 0 aliphatic carbocycles. The van der Waals surface area contributed by atoms with E-state index >= 15 is 0 Å². The van der Waals surface area contributed by atoms with E-state index in [9.17, 15) is 4.39 Å². The monoisotopic (exact) mass is 293 g/mol. The standard InChI is InChI=1S/C16H17ClFNO/c1-2-20-16(11-6-4-3-5-7-11)15(19)13-10-12(18)8-9-14(13)17/h3-10,15-16H,2,19H2,1H3. The molecule has 2 aromatic rings. The fourth-order valence-electron chi connectivity index (χ4n) is 2.16. The van der Waals surface area contributed by atoms with Crippen molar-refractivity contribution in [1.82, 2.24) is 0 Å². The molecule has 0 spiro atoms. The predicted octanol–water partition coefficient (Wildman–Crippen LogP) is 4.26. The average Bonchev–Trinajstić information content (AvgIpc) is 2.47. The molecule has 0 heterocycles. The Labute approximate surface area is 123 Å². The average molecular weight is 294 g/mol. The van der Waals surface area contributed by atoms with Gasteiger partial charge in [-0.1, -0.05) is 41.9 Å². The number of hydrogen-bond donors (Lipinski definition) is 1. The maximum absolute atomic E-state index is 13.4. The normalized spacial score (nSPS) is 14.0. The molecule has 0 radical (unpaired) electrons. The first-order valence-electron chi connectivity index (χ1n) is 6.50. The van der Waals surface area contributed by atoms with Crippen LogP contribution < -0.4 is 5.73 Å². The number of halogens is 2. The van der Waals surface area contributed by atoms with E-state index in [0.29, 0.717) is 17.2 Å². The van der Waals surface area contributed by atoms with Crippen LogP contribution in [-0.4, -0.2) is 6.61 Å². The fourth-order valence-corrected chi connectivity index (χ4v) is 2.41. The summed E-state index contributed by atoms with van der Waals surface area (Å²) in [5.74, 6) is -0.358. The zero-order chi connectivity index (χ0) is 14.5. The van der Waals surface area contributed by atoms with Gasteiger partial charge in [-0.3, -0.25) is 0 Å². The molecule has 2 N–H and O–H groups in total. The molecule has 106 valence electrons. The van der Waals surface area contributed by atoms with Gasteiger partial charge < -0.3 is 10.5 Å². The van der Waals surface area contributed by atoms with E-state index in [1.54, 1.807) is 0 Å². The molecule has 0 amide bonds. The molecule has 2 unspecified atom stereocenters. The summed E-state index contributed by atoms with van der Waals surface area (Å²) in [6.45, 7) is 2.41. The molecule has 2 aromatic carbocycles. The minimum atomic E-state index is -0.527. The minimum absolute atomic E-state index is 0.358. The van der Waals surface area contributed by atoms with Gasteiger partial charge >= 0.3 is 0 Å². The highest BCUT2D eigenvalue weighted by Gasteiger charge is 2.24. The SMILES string of the molecule is CCOC(c1ccccc1)C(N)c1cc(F)ccc1Cl. The third-order valence-electron chi connectivity index (χ3n) is 3.12. The molecule has 0 aliphatic heterocycles. The lowest BCUT2D eigenvalue weighted by Gasteiger charge is -2.25. The highest BCUT2D eigenvalue weighted by molar-refractivity contribution is 6.31. The highest BCUT2D eigenvalue weighted by atomic mass is 35.5. The van der Waals surface area contributed by atoms with Crippen LogP contribution in [0.1, 0.15) is 30.2 Å². The Morgan fingerprint density at radius 3 is 2.55 bits per heavy atom. The van der Waals surface area contributed by atoms with Crippen molar-refractivity contribution < 1.29 is 9.13 Å². The molecular formula is C16H17ClFNO. The van der Waals surface area contributed by atoms with Gasteiger partial charge in [-0.05, 0) is 36.2 Å². The summed E-state index contributed by atoms with van der Waals surface area (Å²) in [4.78, 5) is 0. The molecular weight excluding hydrogens is 277 g/mol. The number of nitrogens with two attached hydrogens (primary N) is 1. The first kappa shape index (κ1) is 15.0. The molecule has 0 fully saturated rings. The first-order chi connectivity index (χ1) is 9.63. The zero-order valence-corrected chi connectivity index (χ0v) is 12.0. The number of ether oxygens (including phenoxy) is 1. The molecule has 20 heavy (non-hydrogen) atoms. The lowest BCUT2D eigenvalue weighted by molar-refractivity contribution is 0.0429. The van der Waals surface area contributed by atoms with Gasteiger partial charge in [0.25, 0.3) is 0 Å². The molecule has 0 aliphatic rings. The van der Waals surface area contributed by atoms with Crippen LogP contribution in [0, 0.1) is 5.82 Å². The van der Waals surface area contributed by atoms with Crippen LogP contribution in [0.4, 0.5) is 4.39 Å². The van der Waals surface area contributed by atoms with Crippen LogP contribution in [0.25, 0.3) is 0 Å². The van der Waals surface area contributed by atoms with Crippen molar-refractivity contribution in [3.05, 3.63) is 70.5 Å². The van der Waals surface area contributed by atoms with Gasteiger partial charge in [0, 0.05) is 11.6 Å². The Morgan fingerprint density at radius 2 is 1.90 bits per heavy atom. The predicted molar refractivity (Wildman–Crippen MR) is 79.1 cm³/mol. The van der Waals surface area contributed by atoms with Crippen molar-refractivity contribution in [3.63, 3.8) is 0 Å². The van der Waals surface area contributed by atoms with Crippen LogP contribution in [0.5, 0.6) is 0 Å². The van der Waals surface area contributed by atoms with Crippen molar-refractivity contribution >= 4 is 11.6 Å². The lowest BCUT2D eigenvalue weighted by atomic mass is 9.96. The van der Waals surface area contributed by atoms with E-state index < -0.39 is 6.04 Å². The van der Waals surface area contributed by atoms with E-state index in [0.717, 1.165) is 5.56 Å². The molecule has 0 aromatic heterocycles. The Bertz CT molecular complexity index is 562. The van der Waals surface area contributed by atoms with Crippen molar-refractivity contribution in [1.29, 1.82) is 0 Å². The van der Waals surface area contributed by atoms with Crippen LogP contribution in [0.15, 0.2) is 48.5 Å². The van der Waals surface area contributed by atoms with E-state index in [4.69, 9.17) is 22.1 Å². The smallest absolute Gasteiger partial charge is 0.123 e. The molecule has 0 bridgehead atoms. The van der Waals surface area contributed by atoms with Crippen LogP contribution in [0.2, 0.25) is 5.02 Å². The number of hydrogen-bond acceptors (Lipinski definition) is 2. The summed E-state index contributed by atoms with van der Waals surface area (Å²) >= 11 is 6.12. The highest BCUT2D eigenvalue weighted by Crippen LogP contribution is 2.34. The quantitative estimate of drug-likeness (QED) is 0.894. The summed E-state index contributed by atoms with van der Waals surface area (Å²) in [5, 5.41) is 0.444. The molecule has 2 atom stereocenters.